The molecule has 0 N–H and O–H groups in total. The first-order chi connectivity index (χ1) is 3.41. The van der Waals surface area contributed by atoms with Crippen molar-refractivity contribution >= 4 is 97.9 Å². The fourth-order valence-electron chi connectivity index (χ4n) is 0.677. The van der Waals surface area contributed by atoms with Gasteiger partial charge in [0.25, 0.3) is 0 Å². The molecule has 0 spiro atoms. The zero-order chi connectivity index (χ0) is 5.54. The maximum atomic E-state index is 1.57. The van der Waals surface area contributed by atoms with E-state index in [-0.39, 0.29) is 0 Å². The van der Waals surface area contributed by atoms with E-state index in [0.717, 1.165) is 97.9 Å². The number of rotatable bonds is 4. The third-order valence-corrected chi connectivity index (χ3v) is 3.42. The molecule has 2 heteroatoms. The quantitative estimate of drug-likeness (QED) is 0.417. The van der Waals surface area contributed by atoms with Gasteiger partial charge in [-0.1, -0.05) is 0 Å². The molecule has 0 aliphatic carbocycles. The minimum atomic E-state index is 1.13. The molecular weight excluding hydrogens is 138 g/mol. The summed E-state index contributed by atoms with van der Waals surface area (Å²) in [6.45, 7) is 0. The molecule has 7 heavy (non-hydrogen) atoms. The molecule has 0 radical (unpaired) electrons. The van der Waals surface area contributed by atoms with Gasteiger partial charge in [0.05, 0.1) is 0 Å². The Balaban J connectivity index is 2.45. The summed E-state index contributed by atoms with van der Waals surface area (Å²) in [5.74, 6) is 0. The molecular formula is C5H10K2. The Bertz CT molecular complexity index is 25.3. The molecule has 0 aromatic carbocycles. The van der Waals surface area contributed by atoms with Gasteiger partial charge < -0.3 is 0 Å². The number of hydrogen-bond acceptors (Lipinski definition) is 0. The van der Waals surface area contributed by atoms with Gasteiger partial charge >= 0.3 is 118 Å². The van der Waals surface area contributed by atoms with Gasteiger partial charge in [-0.15, -0.1) is 0 Å². The van der Waals surface area contributed by atoms with Crippen LogP contribution in [0, 0.1) is 0 Å². The summed E-state index contributed by atoms with van der Waals surface area (Å²) in [4.78, 5) is 0. The second kappa shape index (κ2) is 9.27. The minimum absolute atomic E-state index is 1.13. The first-order valence-corrected chi connectivity index (χ1v) is 7.83. The average molecular weight is 148 g/mol. The predicted molar refractivity (Wildman–Crippen MR) is 35.0 cm³/mol. The van der Waals surface area contributed by atoms with Gasteiger partial charge in [-0.25, -0.2) is 0 Å². The van der Waals surface area contributed by atoms with Gasteiger partial charge in [-0.05, 0) is 0 Å². The molecule has 0 aromatic heterocycles. The Labute approximate surface area is 114 Å². The first kappa shape index (κ1) is 10.3. The second-order valence-corrected chi connectivity index (χ2v) is 5.18. The van der Waals surface area contributed by atoms with Gasteiger partial charge in [0.15, 0.2) is 0 Å². The van der Waals surface area contributed by atoms with E-state index in [0.29, 0.717) is 0 Å². The van der Waals surface area contributed by atoms with Crippen LogP contribution in [0.2, 0.25) is 1.03 Å². The maximum absolute atomic E-state index is 1.57. The summed E-state index contributed by atoms with van der Waals surface area (Å²) in [5.41, 5.74) is 0. The van der Waals surface area contributed by atoms with Crippen molar-refractivity contribution in [3.05, 3.63) is 0 Å². The van der Waals surface area contributed by atoms with Gasteiger partial charge in [-0.3, -0.25) is 0 Å². The van der Waals surface area contributed by atoms with E-state index in [4.69, 9.17) is 0 Å². The third-order valence-electron chi connectivity index (χ3n) is 1.21. The molecule has 0 heterocycles. The Morgan fingerprint density at radius 1 is 0.714 bits per heavy atom. The van der Waals surface area contributed by atoms with Crippen molar-refractivity contribution in [2.75, 3.05) is 0 Å². The summed E-state index contributed by atoms with van der Waals surface area (Å²) >= 11 is 2.25. The molecule has 0 saturated heterocycles. The van der Waals surface area contributed by atoms with Crippen LogP contribution in [0.1, 0.15) is 19.3 Å². The van der Waals surface area contributed by atoms with E-state index in [2.05, 4.69) is 0 Å². The van der Waals surface area contributed by atoms with Crippen LogP contribution < -0.4 is 0 Å². The molecule has 0 fully saturated rings. The first-order valence-electron chi connectivity index (χ1n) is 3.41. The van der Waals surface area contributed by atoms with Crippen LogP contribution in [-0.4, -0.2) is 97.9 Å². The monoisotopic (exact) mass is 148 g/mol. The summed E-state index contributed by atoms with van der Waals surface area (Å²) in [7, 11) is 0. The molecule has 0 amide bonds. The van der Waals surface area contributed by atoms with E-state index >= 15 is 0 Å². The molecule has 0 bridgehead atoms. The number of unbranched alkanes of at least 4 members (excludes halogenated alkanes) is 2. The van der Waals surface area contributed by atoms with E-state index in [1.807, 2.05) is 0 Å². The Morgan fingerprint density at radius 3 is 1.43 bits per heavy atom. The fourth-order valence-corrected chi connectivity index (χ4v) is 2.24. The van der Waals surface area contributed by atoms with Crippen molar-refractivity contribution in [2.24, 2.45) is 0 Å². The van der Waals surface area contributed by atoms with E-state index in [1.165, 1.54) is 19.3 Å². The summed E-state index contributed by atoms with van der Waals surface area (Å²) in [6, 6.07) is 0. The van der Waals surface area contributed by atoms with Crippen molar-refractivity contribution in [2.45, 2.75) is 20.3 Å². The van der Waals surface area contributed by atoms with Crippen molar-refractivity contribution in [3.63, 3.8) is 0 Å². The molecule has 0 unspecified atom stereocenters. The van der Waals surface area contributed by atoms with Gasteiger partial charge in [0, 0.05) is 0 Å². The zero-order valence-corrected chi connectivity index (χ0v) is 11.8. The molecule has 0 saturated carbocycles. The van der Waals surface area contributed by atoms with Gasteiger partial charge in [-0.2, -0.15) is 0 Å². The summed E-state index contributed by atoms with van der Waals surface area (Å²) in [6.07, 6.45) is 4.61. The Morgan fingerprint density at radius 2 is 1.14 bits per heavy atom. The SMILES string of the molecule is [K][CH2]CCC[CH2][K]. The topological polar surface area (TPSA) is 0 Å². The van der Waals surface area contributed by atoms with Crippen molar-refractivity contribution in [3.8, 4) is 0 Å². The van der Waals surface area contributed by atoms with Crippen LogP contribution in [0.5, 0.6) is 0 Å². The molecule has 32 valence electrons. The second-order valence-electron chi connectivity index (χ2n) is 2.06. The van der Waals surface area contributed by atoms with Crippen molar-refractivity contribution in [1.29, 1.82) is 0 Å². The molecule has 0 aliphatic rings. The van der Waals surface area contributed by atoms with Crippen LogP contribution >= 0.6 is 0 Å². The molecule has 0 aromatic rings. The third kappa shape index (κ3) is 9.27. The van der Waals surface area contributed by atoms with Crippen molar-refractivity contribution < 1.29 is 0 Å². The average Bonchev–Trinajstić information content (AvgIpc) is 1.69. The van der Waals surface area contributed by atoms with Gasteiger partial charge in [0.2, 0.25) is 0 Å². The molecule has 0 nitrogen and oxygen atoms in total. The van der Waals surface area contributed by atoms with Crippen LogP contribution in [0.4, 0.5) is 0 Å². The van der Waals surface area contributed by atoms with Gasteiger partial charge in [0.1, 0.15) is 0 Å². The normalized spacial score (nSPS) is 9.71. The Hall–Kier alpha value is 3.27. The van der Waals surface area contributed by atoms with Crippen LogP contribution in [0.3, 0.4) is 0 Å². The molecule has 0 rings (SSSR count). The number of hydrogen-bond donors (Lipinski definition) is 0. The molecule has 0 atom stereocenters. The van der Waals surface area contributed by atoms with Crippen molar-refractivity contribution in [1.82, 2.24) is 0 Å². The summed E-state index contributed by atoms with van der Waals surface area (Å²) < 4.78 is 3.14. The van der Waals surface area contributed by atoms with Crippen LogP contribution in [-0.2, 0) is 0 Å². The predicted octanol–water partition coefficient (Wildman–Crippen LogP) is 1.33. The van der Waals surface area contributed by atoms with E-state index < -0.39 is 0 Å². The fraction of sp³-hybridized carbons (Fsp3) is 1.00. The van der Waals surface area contributed by atoms with Crippen LogP contribution in [0.25, 0.3) is 0 Å². The standard InChI is InChI=1S/C5H10.2K/c1-3-5-4-2;;/h1-5H2;;. The van der Waals surface area contributed by atoms with E-state index in [1.54, 1.807) is 1.03 Å². The van der Waals surface area contributed by atoms with Crippen LogP contribution in [0.15, 0.2) is 0 Å². The Kier molecular flexibility index (Phi) is 13.6. The summed E-state index contributed by atoms with van der Waals surface area (Å²) in [5, 5.41) is 0. The zero-order valence-electron chi connectivity index (χ0n) is 5.54. The molecule has 0 aliphatic heterocycles. The van der Waals surface area contributed by atoms with E-state index in [9.17, 15) is 0 Å².